The molecule has 0 unspecified atom stereocenters. The van der Waals surface area contributed by atoms with E-state index in [-0.39, 0.29) is 59.1 Å². The Labute approximate surface area is 140 Å². The summed E-state index contributed by atoms with van der Waals surface area (Å²) in [6.45, 7) is 5.78. The quantitative estimate of drug-likeness (QED) is 0.208. The zero-order chi connectivity index (χ0) is 11.4. The van der Waals surface area contributed by atoms with E-state index in [0.29, 0.717) is 12.2 Å². The van der Waals surface area contributed by atoms with Gasteiger partial charge in [0.1, 0.15) is 0 Å². The average Bonchev–Trinajstić information content (AvgIpc) is 2.12. The molecule has 0 amide bonds. The van der Waals surface area contributed by atoms with E-state index in [2.05, 4.69) is 13.5 Å². The molecule has 0 aromatic carbocycles. The fourth-order valence-electron chi connectivity index (χ4n) is 0.485. The molecule has 6 heteroatoms. The van der Waals surface area contributed by atoms with Crippen LogP contribution in [0.4, 0.5) is 0 Å². The molecule has 0 aliphatic rings. The van der Waals surface area contributed by atoms with Crippen LogP contribution < -0.4 is 69.3 Å². The zero-order valence-electron chi connectivity index (χ0n) is 10.2. The first kappa shape index (κ1) is 25.3. The summed E-state index contributed by atoms with van der Waals surface area (Å²) in [5, 5.41) is 18.8. The van der Waals surface area contributed by atoms with E-state index in [1.54, 1.807) is 0 Å². The molecule has 0 aromatic heterocycles. The minimum Gasteiger partial charge on any atom is -0.545 e. The Balaban J connectivity index is -0.0000000825. The molecule has 0 aliphatic carbocycles. The summed E-state index contributed by atoms with van der Waals surface area (Å²) in [5.41, 5.74) is 0. The van der Waals surface area contributed by atoms with Crippen LogP contribution in [0.5, 0.6) is 0 Å². The number of carbonyl (C=O) groups is 2. The van der Waals surface area contributed by atoms with Gasteiger partial charge in [0.25, 0.3) is 0 Å². The van der Waals surface area contributed by atoms with Crippen molar-refractivity contribution in [2.75, 3.05) is 0 Å². The number of rotatable bonds is 5. The van der Waals surface area contributed by atoms with Crippen molar-refractivity contribution < 1.29 is 78.9 Å². The largest absolute Gasteiger partial charge is 1.00 e. The molecule has 16 heavy (non-hydrogen) atoms. The Hall–Kier alpha value is 0.420. The number of hydrogen-bond donors (Lipinski definition) is 0. The Morgan fingerprint density at radius 3 is 1.62 bits per heavy atom. The number of hydrogen-bond acceptors (Lipinski definition) is 4. The van der Waals surface area contributed by atoms with Crippen molar-refractivity contribution in [2.45, 2.75) is 26.2 Å². The minimum atomic E-state index is -1.55. The van der Waals surface area contributed by atoms with Crippen LogP contribution in [0.3, 0.4) is 0 Å². The fourth-order valence-corrected chi connectivity index (χ4v) is 0.485. The molecule has 0 bridgehead atoms. The van der Waals surface area contributed by atoms with Gasteiger partial charge in [0.2, 0.25) is 0 Å². The van der Waals surface area contributed by atoms with E-state index in [0.717, 1.165) is 0 Å². The van der Waals surface area contributed by atoms with Crippen LogP contribution in [-0.4, -0.2) is 11.9 Å². The van der Waals surface area contributed by atoms with E-state index in [9.17, 15) is 19.8 Å². The van der Waals surface area contributed by atoms with Gasteiger partial charge in [-0.05, 0) is 18.6 Å². The molecule has 0 fully saturated rings. The van der Waals surface area contributed by atoms with Gasteiger partial charge >= 0.3 is 59.1 Å². The third-order valence-corrected chi connectivity index (χ3v) is 1.12. The summed E-state index contributed by atoms with van der Waals surface area (Å²) in [7, 11) is 0. The van der Waals surface area contributed by atoms with Crippen molar-refractivity contribution in [2.24, 2.45) is 0 Å². The monoisotopic (exact) mass is 244 g/mol. The molecular formula is C10H14Na2O4. The molecule has 0 atom stereocenters. The predicted octanol–water partition coefficient (Wildman–Crippen LogP) is -6.59. The summed E-state index contributed by atoms with van der Waals surface area (Å²) in [6, 6.07) is 0. The van der Waals surface area contributed by atoms with Crippen molar-refractivity contribution in [1.29, 1.82) is 0 Å². The Kier molecular flexibility index (Phi) is 32.9. The summed E-state index contributed by atoms with van der Waals surface area (Å²) in [4.78, 5) is 18.8. The van der Waals surface area contributed by atoms with Crippen LogP contribution in [0.1, 0.15) is 26.2 Å². The van der Waals surface area contributed by atoms with Crippen LogP contribution in [0, 0.1) is 0 Å². The van der Waals surface area contributed by atoms with Crippen molar-refractivity contribution in [3.8, 4) is 0 Å². The van der Waals surface area contributed by atoms with E-state index in [1.165, 1.54) is 19.3 Å². The zero-order valence-corrected chi connectivity index (χ0v) is 14.2. The molecule has 0 radical (unpaired) electrons. The Morgan fingerprint density at radius 2 is 1.50 bits per heavy atom. The first-order chi connectivity index (χ1) is 6.54. The maximum atomic E-state index is 9.41. The standard InChI is InChI=1S/C6H12.C4H4O4.2Na/c1-3-5-6-4-2;5-3(6)1-2-4(7)8;;/h3H,1,4-6H2,2H3;1-2H,(H,5,6)(H,7,8);;/q;;2*+1/p-2/b;2-1-;;. The molecule has 0 spiro atoms. The third kappa shape index (κ3) is 36.6. The maximum absolute atomic E-state index is 9.41. The maximum Gasteiger partial charge on any atom is 1.00 e. The molecule has 80 valence electrons. The number of carbonyl (C=O) groups excluding carboxylic acids is 2. The van der Waals surface area contributed by atoms with Gasteiger partial charge < -0.3 is 19.8 Å². The number of carboxylic acid groups (broad SMARTS) is 2. The van der Waals surface area contributed by atoms with Gasteiger partial charge in [-0.1, -0.05) is 25.8 Å². The second-order valence-electron chi connectivity index (χ2n) is 2.40. The summed E-state index contributed by atoms with van der Waals surface area (Å²) >= 11 is 0. The van der Waals surface area contributed by atoms with Gasteiger partial charge in [-0.15, -0.1) is 6.58 Å². The second kappa shape index (κ2) is 20.8. The first-order valence-corrected chi connectivity index (χ1v) is 4.25. The fraction of sp³-hybridized carbons (Fsp3) is 0.400. The molecule has 0 aliphatic heterocycles. The van der Waals surface area contributed by atoms with Gasteiger partial charge in [0.15, 0.2) is 0 Å². The number of aliphatic carboxylic acids is 2. The minimum absolute atomic E-state index is 0. The number of allylic oxidation sites excluding steroid dienone is 1. The first-order valence-electron chi connectivity index (χ1n) is 4.25. The topological polar surface area (TPSA) is 80.3 Å². The van der Waals surface area contributed by atoms with E-state index in [4.69, 9.17) is 0 Å². The molecule has 0 aromatic rings. The van der Waals surface area contributed by atoms with Crippen LogP contribution in [0.15, 0.2) is 24.8 Å². The molecule has 4 nitrogen and oxygen atoms in total. The average molecular weight is 244 g/mol. The molecular weight excluding hydrogens is 230 g/mol. The van der Waals surface area contributed by atoms with E-state index in [1.807, 2.05) is 6.08 Å². The van der Waals surface area contributed by atoms with Crippen molar-refractivity contribution in [1.82, 2.24) is 0 Å². The van der Waals surface area contributed by atoms with Crippen molar-refractivity contribution >= 4 is 11.9 Å². The molecule has 0 saturated heterocycles. The number of unbranched alkanes of at least 4 members (excludes halogenated alkanes) is 2. The normalized spacial score (nSPS) is 7.81. The Bertz CT molecular complexity index is 199. The van der Waals surface area contributed by atoms with Crippen molar-refractivity contribution in [3.63, 3.8) is 0 Å². The van der Waals surface area contributed by atoms with Gasteiger partial charge in [-0.3, -0.25) is 0 Å². The molecule has 0 N–H and O–H groups in total. The van der Waals surface area contributed by atoms with E-state index >= 15 is 0 Å². The Morgan fingerprint density at radius 1 is 1.12 bits per heavy atom. The van der Waals surface area contributed by atoms with Gasteiger partial charge in [-0.25, -0.2) is 0 Å². The van der Waals surface area contributed by atoms with Gasteiger partial charge in [0, 0.05) is 0 Å². The second-order valence-corrected chi connectivity index (χ2v) is 2.40. The van der Waals surface area contributed by atoms with E-state index < -0.39 is 11.9 Å². The summed E-state index contributed by atoms with van der Waals surface area (Å²) in [6.07, 6.45) is 6.49. The SMILES string of the molecule is C=CCCCC.O=C([O-])/C=C\C(=O)[O-].[Na+].[Na+]. The van der Waals surface area contributed by atoms with Gasteiger partial charge in [-0.2, -0.15) is 0 Å². The smallest absolute Gasteiger partial charge is 0.545 e. The number of carboxylic acids is 2. The molecule has 0 rings (SSSR count). The van der Waals surface area contributed by atoms with Gasteiger partial charge in [0.05, 0.1) is 11.9 Å². The predicted molar refractivity (Wildman–Crippen MR) is 48.9 cm³/mol. The summed E-state index contributed by atoms with van der Waals surface area (Å²) < 4.78 is 0. The third-order valence-electron chi connectivity index (χ3n) is 1.12. The molecule has 0 heterocycles. The van der Waals surface area contributed by atoms with Crippen LogP contribution >= 0.6 is 0 Å². The molecule has 0 saturated carbocycles. The van der Waals surface area contributed by atoms with Crippen LogP contribution in [0.25, 0.3) is 0 Å². The van der Waals surface area contributed by atoms with Crippen LogP contribution in [-0.2, 0) is 9.59 Å². The van der Waals surface area contributed by atoms with Crippen molar-refractivity contribution in [3.05, 3.63) is 24.8 Å². The van der Waals surface area contributed by atoms with Crippen LogP contribution in [0.2, 0.25) is 0 Å². The summed E-state index contributed by atoms with van der Waals surface area (Å²) in [5.74, 6) is -3.09.